The highest BCUT2D eigenvalue weighted by atomic mass is 16.5. The highest BCUT2D eigenvalue weighted by Gasteiger charge is 2.30. The molecule has 0 bridgehead atoms. The van der Waals surface area contributed by atoms with Crippen molar-refractivity contribution in [2.24, 2.45) is 11.7 Å². The van der Waals surface area contributed by atoms with Crippen LogP contribution in [-0.2, 0) is 52.9 Å². The molecule has 1 fully saturated rings. The van der Waals surface area contributed by atoms with E-state index in [0.29, 0.717) is 49.4 Å². The molecule has 15 nitrogen and oxygen atoms in total. The number of ether oxygens (including phenoxy) is 1. The zero-order chi connectivity index (χ0) is 36.1. The van der Waals surface area contributed by atoms with Crippen LogP contribution in [0.2, 0.25) is 0 Å². The summed E-state index contributed by atoms with van der Waals surface area (Å²) in [5.41, 5.74) is 6.72. The van der Waals surface area contributed by atoms with E-state index in [0.717, 1.165) is 6.41 Å². The summed E-state index contributed by atoms with van der Waals surface area (Å²) in [5, 5.41) is 13.9. The summed E-state index contributed by atoms with van der Waals surface area (Å²) in [6.07, 6.45) is 6.67. The second-order valence-electron chi connectivity index (χ2n) is 11.8. The molecule has 0 aliphatic carbocycles. The Morgan fingerprint density at radius 3 is 2.48 bits per heavy atom. The van der Waals surface area contributed by atoms with Crippen molar-refractivity contribution >= 4 is 35.9 Å². The fourth-order valence-electron chi connectivity index (χ4n) is 5.45. The van der Waals surface area contributed by atoms with E-state index in [1.807, 2.05) is 0 Å². The molecule has 3 atom stereocenters. The molecule has 1 aliphatic rings. The van der Waals surface area contributed by atoms with Gasteiger partial charge in [0.05, 0.1) is 31.8 Å². The number of hydrogen-bond acceptors (Lipinski definition) is 9. The van der Waals surface area contributed by atoms with E-state index in [9.17, 15) is 28.8 Å². The first kappa shape index (κ1) is 39.4. The highest BCUT2D eigenvalue weighted by molar-refractivity contribution is 5.90. The number of nitrogens with zero attached hydrogens (tertiary/aromatic N) is 1. The van der Waals surface area contributed by atoms with Crippen LogP contribution in [0.15, 0.2) is 59.2 Å². The Morgan fingerprint density at radius 1 is 0.980 bits per heavy atom. The van der Waals surface area contributed by atoms with E-state index in [1.165, 1.54) is 12.3 Å². The Morgan fingerprint density at radius 2 is 1.76 bits per heavy atom. The third-order valence-electron chi connectivity index (χ3n) is 8.02. The largest absolute Gasteiger partial charge is 0.469 e. The maximum atomic E-state index is 13.5. The van der Waals surface area contributed by atoms with E-state index >= 15 is 0 Å². The number of allylic oxidation sites excluding steroid dienone is 1. The van der Waals surface area contributed by atoms with E-state index in [4.69, 9.17) is 14.9 Å². The van der Waals surface area contributed by atoms with Crippen molar-refractivity contribution in [3.63, 3.8) is 0 Å². The lowest BCUT2D eigenvalue weighted by Crippen LogP contribution is -2.51. The van der Waals surface area contributed by atoms with Crippen LogP contribution in [-0.4, -0.2) is 98.9 Å². The molecule has 0 radical (unpaired) electrons. The number of hydrogen-bond donors (Lipinski definition) is 6. The molecule has 7 N–H and O–H groups in total. The van der Waals surface area contributed by atoms with Crippen molar-refractivity contribution in [2.75, 3.05) is 45.9 Å². The summed E-state index contributed by atoms with van der Waals surface area (Å²) >= 11 is 0. The summed E-state index contributed by atoms with van der Waals surface area (Å²) in [7, 11) is 0. The molecule has 1 aromatic heterocycles. The monoisotopic (exact) mass is 695 g/mol. The highest BCUT2D eigenvalue weighted by Crippen LogP contribution is 2.16. The van der Waals surface area contributed by atoms with Gasteiger partial charge in [-0.25, -0.2) is 0 Å². The van der Waals surface area contributed by atoms with Crippen LogP contribution in [0.4, 0.5) is 0 Å². The molecular weight excluding hydrogens is 646 g/mol. The first-order valence-corrected chi connectivity index (χ1v) is 16.9. The van der Waals surface area contributed by atoms with Crippen LogP contribution >= 0.6 is 0 Å². The lowest BCUT2D eigenvalue weighted by Gasteiger charge is -2.30. The second-order valence-corrected chi connectivity index (χ2v) is 11.8. The van der Waals surface area contributed by atoms with Crippen LogP contribution in [0.1, 0.15) is 43.1 Å². The number of likely N-dealkylation sites (tertiary alicyclic amines) is 1. The first-order valence-electron chi connectivity index (χ1n) is 16.9. The number of rotatable bonds is 21. The van der Waals surface area contributed by atoms with Gasteiger partial charge < -0.3 is 46.4 Å². The van der Waals surface area contributed by atoms with Crippen molar-refractivity contribution in [1.82, 2.24) is 31.5 Å². The van der Waals surface area contributed by atoms with Crippen molar-refractivity contribution in [1.29, 1.82) is 0 Å². The molecule has 272 valence electrons. The standard InChI is InChI=1S/C35H49N7O8/c1-2-7-31(44)37-14-12-29(34(47)38-15-19-49-18-13-36)40-32(45)20-25-8-3-4-9-26(25)22-39-35(48)30(21-28-11-6-17-50-28)41-33(46)27-10-5-16-42(23-27)24-43/h2-4,6-9,11,17,24,27,29-30H,5,10,12-16,18-23,36H2,1H3,(H,37,44)(H,38,47)(H,39,48)(H,40,45)(H,41,46)/b7-2+/t27-,29+,30+/m1/s1. The molecule has 1 saturated heterocycles. The normalized spacial score (nSPS) is 15.5. The number of nitrogens with two attached hydrogens (primary N) is 1. The number of carbonyl (C=O) groups excluding carboxylic acids is 6. The molecule has 50 heavy (non-hydrogen) atoms. The second kappa shape index (κ2) is 21.8. The Kier molecular flexibility index (Phi) is 17.2. The average molecular weight is 696 g/mol. The first-order chi connectivity index (χ1) is 24.2. The van der Waals surface area contributed by atoms with Gasteiger partial charge in [-0.2, -0.15) is 0 Å². The van der Waals surface area contributed by atoms with E-state index < -0.39 is 35.7 Å². The number of furan rings is 1. The third kappa shape index (κ3) is 13.8. The number of benzene rings is 1. The van der Waals surface area contributed by atoms with Crippen LogP contribution < -0.4 is 32.3 Å². The van der Waals surface area contributed by atoms with Gasteiger partial charge in [0.25, 0.3) is 0 Å². The molecule has 0 unspecified atom stereocenters. The molecule has 2 aromatic rings. The van der Waals surface area contributed by atoms with Gasteiger partial charge in [0.1, 0.15) is 17.8 Å². The van der Waals surface area contributed by atoms with E-state index in [2.05, 4.69) is 26.6 Å². The number of piperidine rings is 1. The van der Waals surface area contributed by atoms with Crippen molar-refractivity contribution in [2.45, 2.75) is 57.7 Å². The summed E-state index contributed by atoms with van der Waals surface area (Å²) in [6, 6.07) is 8.63. The summed E-state index contributed by atoms with van der Waals surface area (Å²) in [5.74, 6) is -1.83. The smallest absolute Gasteiger partial charge is 0.243 e. The van der Waals surface area contributed by atoms with Gasteiger partial charge in [-0.1, -0.05) is 30.3 Å². The van der Waals surface area contributed by atoms with Crippen LogP contribution in [0.5, 0.6) is 0 Å². The maximum Gasteiger partial charge on any atom is 0.243 e. The number of carbonyl (C=O) groups is 6. The minimum absolute atomic E-state index is 0.0683. The Balaban J connectivity index is 1.63. The van der Waals surface area contributed by atoms with Crippen LogP contribution in [0.3, 0.4) is 0 Å². The summed E-state index contributed by atoms with van der Waals surface area (Å²) < 4.78 is 10.7. The SMILES string of the molecule is C/C=C/C(=O)NCC[C@H](NC(=O)Cc1ccccc1CNC(=O)[C@H](Cc1ccco1)NC(=O)[C@@H]1CCCN(C=O)C1)C(=O)NCCOCCN. The lowest BCUT2D eigenvalue weighted by atomic mass is 9.97. The summed E-state index contributed by atoms with van der Waals surface area (Å²) in [6.45, 7) is 4.00. The van der Waals surface area contributed by atoms with Crippen molar-refractivity contribution < 1.29 is 37.9 Å². The Hall–Kier alpha value is -5.02. The molecule has 0 saturated carbocycles. The molecule has 1 aliphatic heterocycles. The van der Waals surface area contributed by atoms with Gasteiger partial charge in [-0.05, 0) is 55.5 Å². The zero-order valence-corrected chi connectivity index (χ0v) is 28.5. The number of nitrogens with one attached hydrogen (secondary N) is 5. The fraction of sp³-hybridized carbons (Fsp3) is 0.486. The maximum absolute atomic E-state index is 13.5. The van der Waals surface area contributed by atoms with Crippen LogP contribution in [0.25, 0.3) is 0 Å². The predicted molar refractivity (Wildman–Crippen MR) is 184 cm³/mol. The Bertz CT molecular complexity index is 1430. The van der Waals surface area contributed by atoms with E-state index in [1.54, 1.807) is 54.3 Å². The molecule has 15 heteroatoms. The molecular formula is C35H49N7O8. The topological polar surface area (TPSA) is 214 Å². The third-order valence-corrected chi connectivity index (χ3v) is 8.02. The fourth-order valence-corrected chi connectivity index (χ4v) is 5.45. The lowest BCUT2D eigenvalue weighted by molar-refractivity contribution is -0.133. The van der Waals surface area contributed by atoms with Crippen molar-refractivity contribution in [3.05, 3.63) is 71.7 Å². The van der Waals surface area contributed by atoms with E-state index in [-0.39, 0.29) is 63.9 Å². The number of amides is 6. The van der Waals surface area contributed by atoms with Gasteiger partial charge in [0.15, 0.2) is 0 Å². The molecule has 1 aromatic carbocycles. The van der Waals surface area contributed by atoms with Gasteiger partial charge >= 0.3 is 0 Å². The van der Waals surface area contributed by atoms with Gasteiger partial charge in [0, 0.05) is 45.7 Å². The average Bonchev–Trinajstić information content (AvgIpc) is 3.63. The molecule has 0 spiro atoms. The quantitative estimate of drug-likeness (QED) is 0.0574. The van der Waals surface area contributed by atoms with Gasteiger partial charge in [0.2, 0.25) is 35.9 Å². The Labute approximate surface area is 292 Å². The molecule has 6 amide bonds. The summed E-state index contributed by atoms with van der Waals surface area (Å²) in [4.78, 5) is 77.5. The molecule has 2 heterocycles. The zero-order valence-electron chi connectivity index (χ0n) is 28.5. The van der Waals surface area contributed by atoms with Gasteiger partial charge in [-0.15, -0.1) is 0 Å². The molecule has 3 rings (SSSR count). The minimum Gasteiger partial charge on any atom is -0.469 e. The predicted octanol–water partition coefficient (Wildman–Crippen LogP) is -0.307. The van der Waals surface area contributed by atoms with Crippen LogP contribution in [0, 0.1) is 5.92 Å². The van der Waals surface area contributed by atoms with Gasteiger partial charge in [-0.3, -0.25) is 28.8 Å². The minimum atomic E-state index is -0.941. The van der Waals surface area contributed by atoms with Crippen molar-refractivity contribution in [3.8, 4) is 0 Å².